The number of carbonyl (C=O) groups excluding carboxylic acids is 8. The van der Waals surface area contributed by atoms with Crippen LogP contribution >= 0.6 is 7.82 Å². The molecule has 7 atom stereocenters. The van der Waals surface area contributed by atoms with Crippen molar-refractivity contribution in [2.45, 2.75) is 122 Å². The Kier molecular flexibility index (Phi) is 18.7. The van der Waals surface area contributed by atoms with E-state index in [4.69, 9.17) is 21.3 Å². The molecule has 21 nitrogen and oxygen atoms in total. The Morgan fingerprint density at radius 3 is 1.91 bits per heavy atom. The summed E-state index contributed by atoms with van der Waals surface area (Å²) >= 11 is 0. The summed E-state index contributed by atoms with van der Waals surface area (Å²) in [7, 11) is -4.81. The number of amides is 8. The lowest BCUT2D eigenvalue weighted by Crippen LogP contribution is -2.61. The average molecular weight is 841 g/mol. The third-order valence-electron chi connectivity index (χ3n) is 9.09. The minimum absolute atomic E-state index is 0.0747. The maximum Gasteiger partial charge on any atom is 0.524 e. The number of benzene rings is 1. The number of hydrogen-bond donors (Lipinski definition) is 10. The molecule has 1 heterocycles. The fourth-order valence-corrected chi connectivity index (χ4v) is 6.67. The van der Waals surface area contributed by atoms with Crippen molar-refractivity contribution in [1.29, 1.82) is 0 Å². The monoisotopic (exact) mass is 840 g/mol. The van der Waals surface area contributed by atoms with Gasteiger partial charge in [-0.05, 0) is 62.1 Å². The van der Waals surface area contributed by atoms with E-state index in [1.165, 1.54) is 43.0 Å². The van der Waals surface area contributed by atoms with Crippen LogP contribution in [-0.4, -0.2) is 116 Å². The van der Waals surface area contributed by atoms with Gasteiger partial charge in [0.1, 0.15) is 42.0 Å². The van der Waals surface area contributed by atoms with E-state index in [0.29, 0.717) is 12.0 Å². The molecular weight excluding hydrogens is 783 g/mol. The van der Waals surface area contributed by atoms with Crippen LogP contribution in [0.4, 0.5) is 0 Å². The molecule has 8 amide bonds. The zero-order chi connectivity index (χ0) is 44.1. The van der Waals surface area contributed by atoms with Gasteiger partial charge in [-0.25, -0.2) is 4.57 Å². The fourth-order valence-electron chi connectivity index (χ4n) is 6.27. The molecule has 1 aliphatic rings. The van der Waals surface area contributed by atoms with Crippen LogP contribution in [0, 0.1) is 11.8 Å². The topological polar surface area (TPSA) is 339 Å². The van der Waals surface area contributed by atoms with Gasteiger partial charge in [-0.15, -0.1) is 0 Å². The van der Waals surface area contributed by atoms with Crippen LogP contribution in [0.5, 0.6) is 5.75 Å². The van der Waals surface area contributed by atoms with Gasteiger partial charge < -0.3 is 52.6 Å². The van der Waals surface area contributed by atoms with Gasteiger partial charge in [0.2, 0.25) is 47.3 Å². The Morgan fingerprint density at radius 1 is 0.828 bits per heavy atom. The molecule has 1 fully saturated rings. The minimum atomic E-state index is -4.81. The zero-order valence-corrected chi connectivity index (χ0v) is 34.3. The summed E-state index contributed by atoms with van der Waals surface area (Å²) in [5, 5.41) is 22.9. The van der Waals surface area contributed by atoms with E-state index in [1.807, 2.05) is 13.8 Å². The van der Waals surface area contributed by atoms with Gasteiger partial charge >= 0.3 is 7.82 Å². The number of phosphoric ester groups is 1. The zero-order valence-electron chi connectivity index (χ0n) is 33.4. The van der Waals surface area contributed by atoms with Gasteiger partial charge in [0.05, 0.1) is 6.10 Å². The molecule has 58 heavy (non-hydrogen) atoms. The summed E-state index contributed by atoms with van der Waals surface area (Å²) in [5.41, 5.74) is 11.2. The predicted octanol–water partition coefficient (Wildman–Crippen LogP) is -2.03. The predicted molar refractivity (Wildman–Crippen MR) is 206 cm³/mol. The van der Waals surface area contributed by atoms with E-state index < -0.39 is 103 Å². The lowest BCUT2D eigenvalue weighted by atomic mass is 10.00. The lowest BCUT2D eigenvalue weighted by molar-refractivity contribution is -0.143. The van der Waals surface area contributed by atoms with Crippen LogP contribution in [0.1, 0.15) is 79.2 Å². The number of primary amides is 2. The first-order chi connectivity index (χ1) is 26.9. The highest BCUT2D eigenvalue weighted by atomic mass is 31.2. The van der Waals surface area contributed by atoms with E-state index in [-0.39, 0.29) is 50.3 Å². The minimum Gasteiger partial charge on any atom is -0.404 e. The van der Waals surface area contributed by atoms with Crippen LogP contribution in [0.15, 0.2) is 24.3 Å². The Hall–Kier alpha value is -5.11. The highest BCUT2D eigenvalue weighted by Crippen LogP contribution is 2.37. The number of rotatable bonds is 22. The molecule has 22 heteroatoms. The Morgan fingerprint density at radius 2 is 1.41 bits per heavy atom. The Bertz CT molecular complexity index is 1700. The quantitative estimate of drug-likeness (QED) is 0.0564. The van der Waals surface area contributed by atoms with Crippen molar-refractivity contribution in [2.75, 3.05) is 6.54 Å². The van der Waals surface area contributed by atoms with E-state index in [1.54, 1.807) is 13.8 Å². The van der Waals surface area contributed by atoms with E-state index in [2.05, 4.69) is 31.1 Å². The van der Waals surface area contributed by atoms with E-state index in [0.717, 1.165) is 0 Å². The maximum absolute atomic E-state index is 14.1. The number of nitrogens with one attached hydrogen (secondary N) is 5. The fraction of sp³-hybridized carbons (Fsp3) is 0.611. The van der Waals surface area contributed by atoms with Gasteiger partial charge in [-0.2, -0.15) is 0 Å². The molecule has 1 aliphatic heterocycles. The molecule has 0 radical (unpaired) electrons. The molecule has 2 rings (SSSR count). The summed E-state index contributed by atoms with van der Waals surface area (Å²) in [6, 6.07) is -2.22. The maximum atomic E-state index is 14.1. The van der Waals surface area contributed by atoms with Crippen LogP contribution in [0.2, 0.25) is 0 Å². The van der Waals surface area contributed by atoms with E-state index >= 15 is 0 Å². The number of aliphatic hydroxyl groups excluding tert-OH is 1. The average Bonchev–Trinajstić information content (AvgIpc) is 3.59. The third kappa shape index (κ3) is 16.0. The number of hydrogen-bond acceptors (Lipinski definition) is 11. The molecule has 1 aromatic rings. The van der Waals surface area contributed by atoms with Gasteiger partial charge in [-0.1, -0.05) is 39.8 Å². The molecule has 0 bridgehead atoms. The SMILES string of the molecule is CC(=O)N[C@@H](Cc1ccc(OP(=O)(O)O)cc1)C(=O)N[C@@H](CC(C)C)C(=O)N1CCCC1C(=O)N[C@@H](CCC(N)=O)C(=O)N[C@H](C(=O)N[C@H](C(N)=O)C(C)C)C(C)O. The first kappa shape index (κ1) is 49.0. The summed E-state index contributed by atoms with van der Waals surface area (Å²) < 4.78 is 15.7. The van der Waals surface area contributed by atoms with Gasteiger partial charge in [0.25, 0.3) is 0 Å². The second kappa shape index (κ2) is 22.2. The highest BCUT2D eigenvalue weighted by Gasteiger charge is 2.40. The first-order valence-electron chi connectivity index (χ1n) is 18.8. The van der Waals surface area contributed by atoms with Crippen molar-refractivity contribution < 1.29 is 62.3 Å². The molecule has 1 saturated heterocycles. The van der Waals surface area contributed by atoms with Crippen molar-refractivity contribution in [3.8, 4) is 5.75 Å². The highest BCUT2D eigenvalue weighted by molar-refractivity contribution is 7.46. The van der Waals surface area contributed by atoms with Crippen molar-refractivity contribution in [3.63, 3.8) is 0 Å². The van der Waals surface area contributed by atoms with Crippen molar-refractivity contribution in [1.82, 2.24) is 31.5 Å². The number of nitrogens with two attached hydrogens (primary N) is 2. The summed E-state index contributed by atoms with van der Waals surface area (Å²) in [6.45, 7) is 9.40. The smallest absolute Gasteiger partial charge is 0.404 e. The Labute approximate surface area is 336 Å². The molecular formula is C36H57N8O13P. The molecule has 2 unspecified atom stereocenters. The van der Waals surface area contributed by atoms with Gasteiger partial charge in [0.15, 0.2) is 0 Å². The number of aliphatic hydroxyl groups is 1. The number of carbonyl (C=O) groups is 8. The van der Waals surface area contributed by atoms with Crippen molar-refractivity contribution in [2.24, 2.45) is 23.3 Å². The second-order valence-electron chi connectivity index (χ2n) is 15.0. The summed E-state index contributed by atoms with van der Waals surface area (Å²) in [6.07, 6.45) is -1.55. The molecule has 0 aromatic heterocycles. The molecule has 1 aromatic carbocycles. The molecule has 0 aliphatic carbocycles. The van der Waals surface area contributed by atoms with Crippen LogP contribution in [0.25, 0.3) is 0 Å². The molecule has 0 saturated carbocycles. The number of phosphoric acid groups is 1. The Balaban J connectivity index is 2.30. The van der Waals surface area contributed by atoms with Crippen molar-refractivity contribution in [3.05, 3.63) is 29.8 Å². The molecule has 324 valence electrons. The largest absolute Gasteiger partial charge is 0.524 e. The first-order valence-corrected chi connectivity index (χ1v) is 20.3. The number of nitrogens with zero attached hydrogens (tertiary/aromatic N) is 1. The van der Waals surface area contributed by atoms with E-state index in [9.17, 15) is 48.0 Å². The van der Waals surface area contributed by atoms with Gasteiger partial charge in [-0.3, -0.25) is 48.1 Å². The van der Waals surface area contributed by atoms with Crippen molar-refractivity contribution >= 4 is 55.1 Å². The third-order valence-corrected chi connectivity index (χ3v) is 9.54. The standard InChI is InChI=1S/C36H57N8O13P/c1-18(2)16-26(41-33(50)25(39-21(6)46)17-22-9-11-23(12-10-22)57-58(54,55)56)36(53)44-15-7-8-27(44)34(51)40-24(13-14-28(37)47)32(49)43-30(20(5)45)35(52)42-29(19(3)4)31(38)48/h9-12,18-20,24-27,29-30,45H,7-8,13-17H2,1-6H3,(H2,37,47)(H2,38,48)(H,39,46)(H,40,51)(H,41,50)(H,42,52)(H,43,49)(H2,54,55,56)/t20?,24-,25-,26-,27?,29-,30-/m0/s1. The molecule has 0 spiro atoms. The van der Waals surface area contributed by atoms with Crippen LogP contribution < -0.4 is 42.6 Å². The summed E-state index contributed by atoms with van der Waals surface area (Å²) in [5.74, 6) is -6.89. The normalized spacial score (nSPS) is 17.2. The summed E-state index contributed by atoms with van der Waals surface area (Å²) in [4.78, 5) is 123. The lowest BCUT2D eigenvalue weighted by Gasteiger charge is -2.31. The van der Waals surface area contributed by atoms with Crippen LogP contribution in [-0.2, 0) is 49.3 Å². The second-order valence-corrected chi connectivity index (χ2v) is 16.2. The molecule has 12 N–H and O–H groups in total. The van der Waals surface area contributed by atoms with Crippen LogP contribution in [0.3, 0.4) is 0 Å². The van der Waals surface area contributed by atoms with Gasteiger partial charge in [0, 0.05) is 26.3 Å². The number of likely N-dealkylation sites (tertiary alicyclic amines) is 1.